The van der Waals surface area contributed by atoms with Gasteiger partial charge in [0, 0.05) is 18.7 Å². The molecular formula is C26H46N2O3Si. The number of benzene rings is 1. The highest BCUT2D eigenvalue weighted by atomic mass is 28.4. The summed E-state index contributed by atoms with van der Waals surface area (Å²) in [7, 11) is -1.74. The van der Waals surface area contributed by atoms with Gasteiger partial charge in [-0.05, 0) is 73.3 Å². The molecule has 1 saturated carbocycles. The van der Waals surface area contributed by atoms with Gasteiger partial charge in [-0.1, -0.05) is 47.6 Å². The first-order valence-electron chi connectivity index (χ1n) is 12.3. The molecule has 0 aliphatic heterocycles. The third kappa shape index (κ3) is 6.98. The summed E-state index contributed by atoms with van der Waals surface area (Å²) in [5, 5.41) is 9.35. The van der Waals surface area contributed by atoms with Gasteiger partial charge in [-0.2, -0.15) is 0 Å². The number of carboxylic acid groups (broad SMARTS) is 1. The van der Waals surface area contributed by atoms with E-state index in [0.717, 1.165) is 49.2 Å². The van der Waals surface area contributed by atoms with E-state index in [9.17, 15) is 4.79 Å². The summed E-state index contributed by atoms with van der Waals surface area (Å²) < 4.78 is 6.70. The molecule has 1 aliphatic carbocycles. The molecule has 1 aromatic rings. The first-order valence-corrected chi connectivity index (χ1v) is 15.2. The minimum absolute atomic E-state index is 0.0506. The lowest BCUT2D eigenvalue weighted by atomic mass is 9.90. The molecule has 2 rings (SSSR count). The molecule has 3 N–H and O–H groups in total. The zero-order chi connectivity index (χ0) is 24.3. The van der Waals surface area contributed by atoms with E-state index >= 15 is 0 Å². The Balaban J connectivity index is 2.14. The number of hydrogen-bond donors (Lipinski definition) is 2. The van der Waals surface area contributed by atoms with Crippen LogP contribution in [0.1, 0.15) is 85.1 Å². The summed E-state index contributed by atoms with van der Waals surface area (Å²) in [5.41, 5.74) is 9.35. The second-order valence-corrected chi connectivity index (χ2v) is 16.4. The molecule has 0 spiro atoms. The van der Waals surface area contributed by atoms with E-state index in [2.05, 4.69) is 64.7 Å². The van der Waals surface area contributed by atoms with Crippen molar-refractivity contribution in [3.8, 4) is 0 Å². The fourth-order valence-corrected chi connectivity index (χ4v) is 5.85. The van der Waals surface area contributed by atoms with Crippen molar-refractivity contribution in [3.63, 3.8) is 0 Å². The Bertz CT molecular complexity index is 765. The first kappa shape index (κ1) is 26.7. The van der Waals surface area contributed by atoms with E-state index in [0.29, 0.717) is 18.1 Å². The maximum atomic E-state index is 11.1. The second kappa shape index (κ2) is 10.6. The van der Waals surface area contributed by atoms with Gasteiger partial charge in [0.15, 0.2) is 8.32 Å². The fraction of sp³-hybridized carbons (Fsp3) is 0.731. The van der Waals surface area contributed by atoms with E-state index in [1.165, 1.54) is 0 Å². The number of anilines is 2. The van der Waals surface area contributed by atoms with E-state index in [1.54, 1.807) is 0 Å². The average Bonchev–Trinajstić information content (AvgIpc) is 2.65. The number of hydrogen-bond acceptors (Lipinski definition) is 4. The molecule has 1 atom stereocenters. The Morgan fingerprint density at radius 2 is 1.78 bits per heavy atom. The predicted octanol–water partition coefficient (Wildman–Crippen LogP) is 6.64. The Morgan fingerprint density at radius 1 is 1.19 bits per heavy atom. The molecule has 0 aromatic heterocycles. The van der Waals surface area contributed by atoms with Crippen molar-refractivity contribution in [2.45, 2.75) is 110 Å². The van der Waals surface area contributed by atoms with Crippen molar-refractivity contribution < 1.29 is 14.3 Å². The van der Waals surface area contributed by atoms with Gasteiger partial charge in [0.2, 0.25) is 0 Å². The normalized spacial score (nSPS) is 20.9. The molecule has 5 nitrogen and oxygen atoms in total. The van der Waals surface area contributed by atoms with Gasteiger partial charge in [-0.3, -0.25) is 4.79 Å². The molecule has 1 aliphatic rings. The maximum absolute atomic E-state index is 11.1. The monoisotopic (exact) mass is 462 g/mol. The van der Waals surface area contributed by atoms with Crippen molar-refractivity contribution in [2.24, 2.45) is 5.92 Å². The van der Waals surface area contributed by atoms with Crippen LogP contribution >= 0.6 is 0 Å². The molecule has 0 bridgehead atoms. The Morgan fingerprint density at radius 3 is 2.25 bits per heavy atom. The zero-order valence-corrected chi connectivity index (χ0v) is 22.6. The highest BCUT2D eigenvalue weighted by molar-refractivity contribution is 6.74. The van der Waals surface area contributed by atoms with Crippen LogP contribution < -0.4 is 10.6 Å². The summed E-state index contributed by atoms with van der Waals surface area (Å²) in [6, 6.07) is 6.59. The Labute approximate surface area is 196 Å². The highest BCUT2D eigenvalue weighted by Crippen LogP contribution is 2.40. The molecule has 1 aromatic carbocycles. The van der Waals surface area contributed by atoms with Crippen molar-refractivity contribution >= 4 is 25.7 Å². The van der Waals surface area contributed by atoms with Gasteiger partial charge < -0.3 is 20.2 Å². The molecule has 1 fully saturated rings. The van der Waals surface area contributed by atoms with Gasteiger partial charge in [0.05, 0.1) is 17.8 Å². The predicted molar refractivity (Wildman–Crippen MR) is 138 cm³/mol. The van der Waals surface area contributed by atoms with Gasteiger partial charge in [0.1, 0.15) is 0 Å². The number of rotatable bonds is 9. The summed E-state index contributed by atoms with van der Waals surface area (Å²) in [5.74, 6) is -0.301. The third-order valence-corrected chi connectivity index (χ3v) is 11.9. The molecule has 0 saturated heterocycles. The first-order chi connectivity index (χ1) is 14.7. The molecule has 0 amide bonds. The van der Waals surface area contributed by atoms with Gasteiger partial charge >= 0.3 is 5.97 Å². The van der Waals surface area contributed by atoms with E-state index < -0.39 is 14.3 Å². The largest absolute Gasteiger partial charge is 0.481 e. The standard InChI is InChI=1S/C26H46N2O3Si/c1-18(2)17-28(24-14-9-20(16-23(24)27)19(3)15-25(29)30)21-10-12-22(13-11-21)31-32(7,8)26(4,5)6/h9,14,16,18-19,21-22H,10-13,15,17,27H2,1-8H3,(H,29,30). The molecule has 32 heavy (non-hydrogen) atoms. The van der Waals surface area contributed by atoms with Crippen LogP contribution in [-0.2, 0) is 9.22 Å². The second-order valence-electron chi connectivity index (χ2n) is 11.7. The Hall–Kier alpha value is -1.53. The number of nitrogen functional groups attached to an aromatic ring is 1. The van der Waals surface area contributed by atoms with Crippen LogP contribution in [0, 0.1) is 5.92 Å². The lowest BCUT2D eigenvalue weighted by Gasteiger charge is -2.44. The van der Waals surface area contributed by atoms with Crippen LogP contribution in [0.25, 0.3) is 0 Å². The quantitative estimate of drug-likeness (QED) is 0.318. The van der Waals surface area contributed by atoms with Crippen molar-refractivity contribution in [2.75, 3.05) is 17.2 Å². The number of carbonyl (C=O) groups is 1. The lowest BCUT2D eigenvalue weighted by molar-refractivity contribution is -0.137. The van der Waals surface area contributed by atoms with Crippen LogP contribution in [0.2, 0.25) is 18.1 Å². The van der Waals surface area contributed by atoms with E-state index in [1.807, 2.05) is 13.0 Å². The van der Waals surface area contributed by atoms with Gasteiger partial charge in [0.25, 0.3) is 0 Å². The highest BCUT2D eigenvalue weighted by Gasteiger charge is 2.40. The summed E-state index contributed by atoms with van der Waals surface area (Å²) in [6.07, 6.45) is 4.90. The van der Waals surface area contributed by atoms with Crippen molar-refractivity contribution in [1.29, 1.82) is 0 Å². The maximum Gasteiger partial charge on any atom is 0.303 e. The van der Waals surface area contributed by atoms with Crippen LogP contribution in [0.15, 0.2) is 18.2 Å². The Kier molecular flexibility index (Phi) is 8.85. The van der Waals surface area contributed by atoms with Crippen LogP contribution in [0.3, 0.4) is 0 Å². The molecule has 0 heterocycles. The topological polar surface area (TPSA) is 75.8 Å². The number of nitrogens with zero attached hydrogens (tertiary/aromatic N) is 1. The van der Waals surface area contributed by atoms with Gasteiger partial charge in [-0.25, -0.2) is 0 Å². The van der Waals surface area contributed by atoms with E-state index in [4.69, 9.17) is 15.3 Å². The molecule has 1 unspecified atom stereocenters. The summed E-state index contributed by atoms with van der Waals surface area (Å²) >= 11 is 0. The number of carboxylic acids is 1. The lowest BCUT2D eigenvalue weighted by Crippen LogP contribution is -2.47. The molecular weight excluding hydrogens is 416 g/mol. The van der Waals surface area contributed by atoms with E-state index in [-0.39, 0.29) is 17.4 Å². The van der Waals surface area contributed by atoms with Crippen LogP contribution in [0.4, 0.5) is 11.4 Å². The van der Waals surface area contributed by atoms with Crippen LogP contribution in [-0.4, -0.2) is 38.1 Å². The smallest absolute Gasteiger partial charge is 0.303 e. The summed E-state index contributed by atoms with van der Waals surface area (Å²) in [4.78, 5) is 13.6. The molecule has 0 radical (unpaired) electrons. The summed E-state index contributed by atoms with van der Waals surface area (Å²) in [6.45, 7) is 19.0. The molecule has 6 heteroatoms. The zero-order valence-electron chi connectivity index (χ0n) is 21.6. The van der Waals surface area contributed by atoms with Crippen molar-refractivity contribution in [1.82, 2.24) is 0 Å². The SMILES string of the molecule is CC(C)CN(c1ccc(C(C)CC(=O)O)cc1N)C1CCC(O[Si](C)(C)C(C)(C)C)CC1. The molecule has 182 valence electrons. The van der Waals surface area contributed by atoms with Gasteiger partial charge in [-0.15, -0.1) is 0 Å². The average molecular weight is 463 g/mol. The van der Waals surface area contributed by atoms with Crippen molar-refractivity contribution in [3.05, 3.63) is 23.8 Å². The van der Waals surface area contributed by atoms with Crippen LogP contribution in [0.5, 0.6) is 0 Å². The minimum atomic E-state index is -1.74. The minimum Gasteiger partial charge on any atom is -0.481 e. The number of aliphatic carboxylic acids is 1. The number of nitrogens with two attached hydrogens (primary N) is 1. The third-order valence-electron chi connectivity index (χ3n) is 7.32. The fourth-order valence-electron chi connectivity index (χ4n) is 4.43.